The van der Waals surface area contributed by atoms with Gasteiger partial charge < -0.3 is 0 Å². The van der Waals surface area contributed by atoms with Crippen LogP contribution in [-0.2, 0) is 34.6 Å². The van der Waals surface area contributed by atoms with E-state index >= 15 is 0 Å². The summed E-state index contributed by atoms with van der Waals surface area (Å²) >= 11 is 0. The average molecular weight is 1320 g/mol. The molecule has 15 rings (SSSR count). The van der Waals surface area contributed by atoms with Crippen LogP contribution in [0.4, 0.5) is 0 Å². The fourth-order valence-corrected chi connectivity index (χ4v) is 15.1. The van der Waals surface area contributed by atoms with E-state index in [1.165, 1.54) is 176 Å². The molecule has 8 aromatic carbocycles. The maximum absolute atomic E-state index is 8.69. The fraction of sp³-hybridized carbons (Fsp3) is 0.292. The summed E-state index contributed by atoms with van der Waals surface area (Å²) in [6.45, 7) is 14.5. The summed E-state index contributed by atoms with van der Waals surface area (Å²) in [5.74, 6) is 1.18. The topological polar surface area (TPSA) is 15.5 Å². The Morgan fingerprint density at radius 2 is 0.620 bits per heavy atom. The SMILES string of the molecule is Cc1ccccc1-c1cc(-c2ccc(C3CCCC3)cc2)cc[n+]1C.Cc1ccccc1-c1cc(-c2cccc(C3CCCC3)c2)cc[n+]1C.[2H]C([2H])(c1cccc(-c2cc[n+](C)c(-c3ccccc3C)c2)c1)C(C)(C)C.[2H]C1(c2ccc(-c3cc[n+](C)c(-c4ccccc4C)c3)cc2)CCCC1. The summed E-state index contributed by atoms with van der Waals surface area (Å²) in [5, 5.41) is 0. The molecule has 3 aliphatic rings. The number of aromatic nitrogens is 4. The number of hydrogen-bond acceptors (Lipinski definition) is 0. The van der Waals surface area contributed by atoms with E-state index in [0.29, 0.717) is 0 Å². The van der Waals surface area contributed by atoms with Crippen molar-refractivity contribution in [1.82, 2.24) is 0 Å². The lowest BCUT2D eigenvalue weighted by Gasteiger charge is -2.18. The van der Waals surface area contributed by atoms with Crippen LogP contribution in [0.15, 0.2) is 267 Å². The number of benzene rings is 8. The van der Waals surface area contributed by atoms with Gasteiger partial charge in [0, 0.05) is 74.9 Å². The Labute approximate surface area is 603 Å². The lowest BCUT2D eigenvalue weighted by atomic mass is 9.87. The molecule has 4 heterocycles. The third kappa shape index (κ3) is 17.5. The van der Waals surface area contributed by atoms with Gasteiger partial charge in [-0.05, 0) is 209 Å². The molecule has 0 radical (unpaired) electrons. The van der Waals surface area contributed by atoms with Gasteiger partial charge >= 0.3 is 0 Å². The minimum atomic E-state index is -1.40. The molecule has 0 amide bonds. The first kappa shape index (κ1) is 66.3. The zero-order valence-electron chi connectivity index (χ0n) is 64.3. The monoisotopic (exact) mass is 1320 g/mol. The van der Waals surface area contributed by atoms with E-state index in [1.54, 1.807) is 0 Å². The summed E-state index contributed by atoms with van der Waals surface area (Å²) in [4.78, 5) is 0. The fourth-order valence-electron chi connectivity index (χ4n) is 15.1. The predicted molar refractivity (Wildman–Crippen MR) is 420 cm³/mol. The molecule has 0 N–H and O–H groups in total. The quantitative estimate of drug-likeness (QED) is 0.108. The van der Waals surface area contributed by atoms with Gasteiger partial charge in [-0.3, -0.25) is 0 Å². The number of aryl methyl sites for hydroxylation is 8. The van der Waals surface area contributed by atoms with Gasteiger partial charge in [-0.15, -0.1) is 0 Å². The van der Waals surface area contributed by atoms with Crippen molar-refractivity contribution in [1.29, 1.82) is 0 Å². The highest BCUT2D eigenvalue weighted by Gasteiger charge is 2.23. The van der Waals surface area contributed by atoms with Gasteiger partial charge in [0.2, 0.25) is 22.8 Å². The smallest absolute Gasteiger partial charge is 0.201 e. The summed E-state index contributed by atoms with van der Waals surface area (Å²) in [5.41, 5.74) is 29.4. The molecule has 0 saturated heterocycles. The first-order valence-corrected chi connectivity index (χ1v) is 36.8. The highest BCUT2D eigenvalue weighted by Crippen LogP contribution is 2.39. The van der Waals surface area contributed by atoms with Crippen molar-refractivity contribution in [2.45, 2.75) is 150 Å². The Morgan fingerprint density at radius 3 is 0.990 bits per heavy atom. The van der Waals surface area contributed by atoms with Gasteiger partial charge in [0.25, 0.3) is 0 Å². The second-order valence-electron chi connectivity index (χ2n) is 29.5. The molecule has 4 nitrogen and oxygen atoms in total. The molecule has 4 heteroatoms. The van der Waals surface area contributed by atoms with Gasteiger partial charge in [0.1, 0.15) is 28.2 Å². The second-order valence-corrected chi connectivity index (χ2v) is 29.5. The number of rotatable bonds is 12. The van der Waals surface area contributed by atoms with Gasteiger partial charge in [-0.25, -0.2) is 18.3 Å². The first-order chi connectivity index (χ1) is 49.6. The molecular weight excluding hydrogens is 1210 g/mol. The summed E-state index contributed by atoms with van der Waals surface area (Å²) in [6, 6.07) is 87.0. The first-order valence-electron chi connectivity index (χ1n) is 38.3. The van der Waals surface area contributed by atoms with Crippen LogP contribution in [0.2, 0.25) is 0 Å². The average Bonchev–Trinajstić information content (AvgIpc) is 1.78. The largest absolute Gasteiger partial charge is 0.213 e. The molecule has 0 aliphatic heterocycles. The van der Waals surface area contributed by atoms with Crippen LogP contribution in [0.25, 0.3) is 89.5 Å². The van der Waals surface area contributed by atoms with E-state index in [1.807, 2.05) is 39.0 Å². The highest BCUT2D eigenvalue weighted by molar-refractivity contribution is 5.74. The maximum atomic E-state index is 8.69. The van der Waals surface area contributed by atoms with Gasteiger partial charge in [0.15, 0.2) is 24.8 Å². The van der Waals surface area contributed by atoms with Crippen molar-refractivity contribution in [3.63, 3.8) is 0 Å². The molecule has 506 valence electrons. The molecular formula is C96H106N4+4. The lowest BCUT2D eigenvalue weighted by Crippen LogP contribution is -2.30. The molecule has 0 unspecified atom stereocenters. The van der Waals surface area contributed by atoms with Crippen molar-refractivity contribution in [3.8, 4) is 89.5 Å². The van der Waals surface area contributed by atoms with Crippen LogP contribution in [0.5, 0.6) is 0 Å². The number of pyridine rings is 4. The molecule has 0 spiro atoms. The molecule has 4 aromatic heterocycles. The van der Waals surface area contributed by atoms with Crippen LogP contribution in [-0.4, -0.2) is 0 Å². The summed E-state index contributed by atoms with van der Waals surface area (Å²) < 4.78 is 34.6. The van der Waals surface area contributed by atoms with Crippen LogP contribution in [0.1, 0.15) is 164 Å². The molecule has 100 heavy (non-hydrogen) atoms. The number of hydrogen-bond donors (Lipinski definition) is 0. The zero-order valence-corrected chi connectivity index (χ0v) is 61.3. The summed E-state index contributed by atoms with van der Waals surface area (Å²) in [6.07, 6.45) is 22.5. The lowest BCUT2D eigenvalue weighted by molar-refractivity contribution is -0.660. The van der Waals surface area contributed by atoms with Gasteiger partial charge in [-0.2, -0.15) is 0 Å². The van der Waals surface area contributed by atoms with Crippen molar-refractivity contribution >= 4 is 0 Å². The Morgan fingerprint density at radius 1 is 0.310 bits per heavy atom. The predicted octanol–water partition coefficient (Wildman–Crippen LogP) is 23.2. The van der Waals surface area contributed by atoms with E-state index < -0.39 is 11.8 Å². The maximum Gasteiger partial charge on any atom is 0.213 e. The molecule has 0 bridgehead atoms. The van der Waals surface area contributed by atoms with E-state index in [2.05, 4.69) is 323 Å². The van der Waals surface area contributed by atoms with Crippen LogP contribution in [0, 0.1) is 33.1 Å². The summed E-state index contributed by atoms with van der Waals surface area (Å²) in [7, 11) is 8.40. The van der Waals surface area contributed by atoms with Gasteiger partial charge in [0.05, 0.1) is 0 Å². The van der Waals surface area contributed by atoms with Crippen molar-refractivity contribution < 1.29 is 22.4 Å². The standard InChI is InChI=1S/3C24H26N.C24H28N/c1-18-8-3-6-13-23(18)24-17-22(14-15-25(24)2)21-12-7-11-20(16-21)19-9-4-5-10-19;2*1-18-7-3-6-10-23(18)24-17-22(15-16-25(24)2)21-13-11-20(12-14-21)19-8-4-5-9-19;1-18-9-6-7-12-22(18)23-16-21(13-14-25(23)5)20-11-8-10-19(15-20)17-24(2,3)4/h3,6-8,11-17,19H,4-5,9-10H2,1-2H3;2*3,6-7,10-17,19H,4-5,8-9H2,1-2H3;6-16H,17H2,1-5H3/q4*+1/i;19D;;17D2. The van der Waals surface area contributed by atoms with E-state index in [0.717, 1.165) is 47.1 Å². The zero-order chi connectivity index (χ0) is 72.4. The number of nitrogens with zero attached hydrogens (tertiary/aromatic N) is 4. The Hall–Kier alpha value is -9.64. The Balaban J connectivity index is 0.000000129. The third-order valence-electron chi connectivity index (χ3n) is 20.9. The molecule has 12 aromatic rings. The van der Waals surface area contributed by atoms with Crippen LogP contribution < -0.4 is 18.3 Å². The van der Waals surface area contributed by atoms with Crippen molar-refractivity contribution in [3.05, 3.63) is 312 Å². The second kappa shape index (κ2) is 32.6. The third-order valence-corrected chi connectivity index (χ3v) is 20.9. The van der Waals surface area contributed by atoms with Crippen molar-refractivity contribution in [2.75, 3.05) is 0 Å². The molecule has 0 atom stereocenters. The Kier molecular flexibility index (Phi) is 21.6. The minimum absolute atomic E-state index is 0.367. The highest BCUT2D eigenvalue weighted by atomic mass is 14.9. The van der Waals surface area contributed by atoms with Crippen LogP contribution in [0.3, 0.4) is 0 Å². The van der Waals surface area contributed by atoms with E-state index in [9.17, 15) is 0 Å². The van der Waals surface area contributed by atoms with Gasteiger partial charge in [-0.1, -0.05) is 229 Å². The van der Waals surface area contributed by atoms with E-state index in [4.69, 9.17) is 4.11 Å². The van der Waals surface area contributed by atoms with Crippen LogP contribution >= 0.6 is 0 Å². The molecule has 3 aliphatic carbocycles. The minimum Gasteiger partial charge on any atom is -0.201 e. The normalized spacial score (nSPS) is 14.9. The Bertz CT molecular complexity index is 4890. The molecule has 3 fully saturated rings. The van der Waals surface area contributed by atoms with Crippen molar-refractivity contribution in [2.24, 2.45) is 33.6 Å². The van der Waals surface area contributed by atoms with E-state index in [-0.39, 0.29) is 5.89 Å². The molecule has 3 saturated carbocycles.